The lowest BCUT2D eigenvalue weighted by atomic mass is 10.2. The van der Waals surface area contributed by atoms with Crippen molar-refractivity contribution in [3.8, 4) is 5.75 Å². The van der Waals surface area contributed by atoms with E-state index in [4.69, 9.17) is 32.7 Å². The van der Waals surface area contributed by atoms with Gasteiger partial charge in [0.05, 0.1) is 10.0 Å². The number of esters is 1. The highest BCUT2D eigenvalue weighted by molar-refractivity contribution is 7.92. The van der Waals surface area contributed by atoms with Gasteiger partial charge in [0.2, 0.25) is 10.0 Å². The summed E-state index contributed by atoms with van der Waals surface area (Å²) < 4.78 is 36.1. The Morgan fingerprint density at radius 3 is 2.33 bits per heavy atom. The summed E-state index contributed by atoms with van der Waals surface area (Å²) in [5, 5.41) is 1.66. The molecule has 0 saturated carbocycles. The van der Waals surface area contributed by atoms with E-state index in [1.165, 1.54) is 6.08 Å². The number of hydrogen-bond acceptors (Lipinski definition) is 5. The minimum absolute atomic E-state index is 0.0237. The van der Waals surface area contributed by atoms with Crippen molar-refractivity contribution in [2.24, 2.45) is 0 Å². The maximum Gasteiger partial charge on any atom is 0.321 e. The fraction of sp³-hybridized carbons (Fsp3) is 0.167. The predicted molar refractivity (Wildman–Crippen MR) is 105 cm³/mol. The highest BCUT2D eigenvalue weighted by Crippen LogP contribution is 2.32. The second-order valence-corrected chi connectivity index (χ2v) is 7.66. The average molecular weight is 430 g/mol. The highest BCUT2D eigenvalue weighted by Gasteiger charge is 2.11. The Labute approximate surface area is 167 Å². The van der Waals surface area contributed by atoms with E-state index in [-0.39, 0.29) is 13.2 Å². The van der Waals surface area contributed by atoms with Crippen molar-refractivity contribution in [3.05, 3.63) is 69.5 Å². The van der Waals surface area contributed by atoms with E-state index in [2.05, 4.69) is 4.72 Å². The molecule has 0 aliphatic heterocycles. The van der Waals surface area contributed by atoms with Gasteiger partial charge < -0.3 is 9.47 Å². The largest absolute Gasteiger partial charge is 0.487 e. The van der Waals surface area contributed by atoms with Gasteiger partial charge in [0.1, 0.15) is 19.8 Å². The molecule has 0 aliphatic carbocycles. The SMILES string of the molecule is O=C(CNS(=O)(=O)/C=C/c1ccccc1)OCCOc1c(Cl)cccc1Cl. The molecular formula is C18H17Cl2NO5S. The van der Waals surface area contributed by atoms with Crippen molar-refractivity contribution < 1.29 is 22.7 Å². The first-order valence-corrected chi connectivity index (χ1v) is 10.1. The number of sulfonamides is 1. The molecule has 2 aromatic carbocycles. The van der Waals surface area contributed by atoms with Crippen LogP contribution in [0, 0.1) is 0 Å². The molecule has 0 spiro atoms. The zero-order valence-electron chi connectivity index (χ0n) is 14.1. The first-order valence-electron chi connectivity index (χ1n) is 7.82. The lowest BCUT2D eigenvalue weighted by molar-refractivity contribution is -0.142. The maximum atomic E-state index is 11.8. The molecule has 0 saturated heterocycles. The molecule has 2 aromatic rings. The number of halogens is 2. The van der Waals surface area contributed by atoms with Crippen molar-refractivity contribution >= 4 is 45.3 Å². The molecule has 0 atom stereocenters. The van der Waals surface area contributed by atoms with Crippen molar-refractivity contribution in [3.63, 3.8) is 0 Å². The van der Waals surface area contributed by atoms with Gasteiger partial charge in [0.15, 0.2) is 5.75 Å². The van der Waals surface area contributed by atoms with Crippen LogP contribution in [0.5, 0.6) is 5.75 Å². The summed E-state index contributed by atoms with van der Waals surface area (Å²) in [6, 6.07) is 13.8. The summed E-state index contributed by atoms with van der Waals surface area (Å²) in [7, 11) is -3.76. The number of benzene rings is 2. The Hall–Kier alpha value is -2.06. The van der Waals surface area contributed by atoms with E-state index in [1.54, 1.807) is 42.5 Å². The first-order chi connectivity index (χ1) is 12.9. The molecule has 0 radical (unpaired) electrons. The van der Waals surface area contributed by atoms with Crippen LogP contribution >= 0.6 is 23.2 Å². The summed E-state index contributed by atoms with van der Waals surface area (Å²) in [4.78, 5) is 11.6. The molecule has 144 valence electrons. The van der Waals surface area contributed by atoms with E-state index in [1.807, 2.05) is 6.07 Å². The molecule has 0 amide bonds. The zero-order valence-corrected chi connectivity index (χ0v) is 16.4. The topological polar surface area (TPSA) is 81.7 Å². The number of nitrogens with one attached hydrogen (secondary N) is 1. The lowest BCUT2D eigenvalue weighted by Crippen LogP contribution is -2.30. The van der Waals surface area contributed by atoms with Gasteiger partial charge in [-0.25, -0.2) is 13.1 Å². The standard InChI is InChI=1S/C18H17Cl2NO5S/c19-15-7-4-8-16(20)18(15)26-11-10-25-17(22)13-21-27(23,24)12-9-14-5-2-1-3-6-14/h1-9,12,21H,10-11,13H2/b12-9+. The van der Waals surface area contributed by atoms with E-state index >= 15 is 0 Å². The van der Waals surface area contributed by atoms with Crippen LogP contribution in [0.3, 0.4) is 0 Å². The van der Waals surface area contributed by atoms with Crippen LogP contribution in [0.2, 0.25) is 10.0 Å². The Balaban J connectivity index is 1.72. The quantitative estimate of drug-likeness (QED) is 0.487. The van der Waals surface area contributed by atoms with E-state index in [0.717, 1.165) is 11.0 Å². The molecule has 0 aliphatic rings. The molecule has 1 N–H and O–H groups in total. The van der Waals surface area contributed by atoms with Crippen molar-refractivity contribution in [2.45, 2.75) is 0 Å². The van der Waals surface area contributed by atoms with Gasteiger partial charge in [-0.2, -0.15) is 0 Å². The lowest BCUT2D eigenvalue weighted by Gasteiger charge is -2.10. The molecule has 9 heteroatoms. The summed E-state index contributed by atoms with van der Waals surface area (Å²) in [6.45, 7) is -0.549. The smallest absolute Gasteiger partial charge is 0.321 e. The molecular weight excluding hydrogens is 413 g/mol. The minimum Gasteiger partial charge on any atom is -0.487 e. The number of carbonyl (C=O) groups excluding carboxylic acids is 1. The van der Waals surface area contributed by atoms with Crippen LogP contribution in [-0.2, 0) is 19.6 Å². The monoisotopic (exact) mass is 429 g/mol. The van der Waals surface area contributed by atoms with E-state index in [0.29, 0.717) is 15.8 Å². The van der Waals surface area contributed by atoms with Crippen LogP contribution in [-0.4, -0.2) is 34.1 Å². The maximum absolute atomic E-state index is 11.8. The molecule has 0 fully saturated rings. The number of carbonyl (C=O) groups is 1. The van der Waals surface area contributed by atoms with Gasteiger partial charge in [-0.1, -0.05) is 59.6 Å². The number of ether oxygens (including phenoxy) is 2. The Bertz CT molecular complexity index is 881. The molecule has 27 heavy (non-hydrogen) atoms. The molecule has 2 rings (SSSR count). The van der Waals surface area contributed by atoms with Gasteiger partial charge in [-0.3, -0.25) is 4.79 Å². The van der Waals surface area contributed by atoms with Crippen molar-refractivity contribution in [1.82, 2.24) is 4.72 Å². The van der Waals surface area contributed by atoms with Gasteiger partial charge in [0, 0.05) is 5.41 Å². The Morgan fingerprint density at radius 2 is 1.67 bits per heavy atom. The van der Waals surface area contributed by atoms with Gasteiger partial charge in [-0.15, -0.1) is 0 Å². The third kappa shape index (κ3) is 7.60. The number of hydrogen-bond donors (Lipinski definition) is 1. The first kappa shape index (κ1) is 21.2. The summed E-state index contributed by atoms with van der Waals surface area (Å²) in [6.07, 6.45) is 1.43. The van der Waals surface area contributed by atoms with Gasteiger partial charge in [0.25, 0.3) is 0 Å². The van der Waals surface area contributed by atoms with E-state index in [9.17, 15) is 13.2 Å². The Kier molecular flexibility index (Phi) is 8.12. The molecule has 0 aromatic heterocycles. The Morgan fingerprint density at radius 1 is 1.00 bits per heavy atom. The minimum atomic E-state index is -3.76. The predicted octanol–water partition coefficient (Wildman–Crippen LogP) is 3.51. The summed E-state index contributed by atoms with van der Waals surface area (Å²) in [5.41, 5.74) is 0.723. The molecule has 0 bridgehead atoms. The average Bonchev–Trinajstić information content (AvgIpc) is 2.65. The van der Waals surface area contributed by atoms with Crippen LogP contribution in [0.4, 0.5) is 0 Å². The fourth-order valence-corrected chi connectivity index (χ4v) is 3.17. The van der Waals surface area contributed by atoms with Gasteiger partial charge >= 0.3 is 5.97 Å². The van der Waals surface area contributed by atoms with Crippen LogP contribution < -0.4 is 9.46 Å². The third-order valence-electron chi connectivity index (χ3n) is 3.17. The van der Waals surface area contributed by atoms with Crippen molar-refractivity contribution in [1.29, 1.82) is 0 Å². The highest BCUT2D eigenvalue weighted by atomic mass is 35.5. The summed E-state index contributed by atoms with van der Waals surface area (Å²) in [5.74, 6) is -0.441. The summed E-state index contributed by atoms with van der Waals surface area (Å²) >= 11 is 11.9. The molecule has 0 unspecified atom stereocenters. The number of para-hydroxylation sites is 1. The van der Waals surface area contributed by atoms with E-state index < -0.39 is 22.5 Å². The second kappa shape index (κ2) is 10.3. The molecule has 0 heterocycles. The number of rotatable bonds is 9. The van der Waals surface area contributed by atoms with Gasteiger partial charge in [-0.05, 0) is 23.8 Å². The molecule has 6 nitrogen and oxygen atoms in total. The zero-order chi connectivity index (χ0) is 19.7. The second-order valence-electron chi connectivity index (χ2n) is 5.20. The van der Waals surface area contributed by atoms with Crippen LogP contribution in [0.15, 0.2) is 53.9 Å². The fourth-order valence-electron chi connectivity index (χ4n) is 1.91. The van der Waals surface area contributed by atoms with Crippen molar-refractivity contribution in [2.75, 3.05) is 19.8 Å². The van der Waals surface area contributed by atoms with Crippen LogP contribution in [0.1, 0.15) is 5.56 Å². The third-order valence-corrected chi connectivity index (χ3v) is 4.80. The normalized spacial score (nSPS) is 11.5. The van der Waals surface area contributed by atoms with Crippen LogP contribution in [0.25, 0.3) is 6.08 Å².